The summed E-state index contributed by atoms with van der Waals surface area (Å²) in [4.78, 5) is 11.0. The summed E-state index contributed by atoms with van der Waals surface area (Å²) in [7, 11) is 1.61. The van der Waals surface area contributed by atoms with E-state index in [1.807, 2.05) is 18.2 Å². The molecule has 92 valence electrons. The van der Waals surface area contributed by atoms with Crippen LogP contribution in [0.15, 0.2) is 18.2 Å². The Morgan fingerprint density at radius 3 is 3.00 bits per heavy atom. The van der Waals surface area contributed by atoms with E-state index in [1.165, 1.54) is 5.56 Å². The van der Waals surface area contributed by atoms with Crippen LogP contribution in [0.1, 0.15) is 29.9 Å². The topological polar surface area (TPSA) is 72.5 Å². The molecule has 0 saturated carbocycles. The van der Waals surface area contributed by atoms with E-state index < -0.39 is 12.0 Å². The molecule has 0 bridgehead atoms. The van der Waals surface area contributed by atoms with Crippen molar-refractivity contribution in [2.75, 3.05) is 7.11 Å². The third-order valence-electron chi connectivity index (χ3n) is 3.43. The summed E-state index contributed by atoms with van der Waals surface area (Å²) in [5, 5.41) is 9.03. The lowest BCUT2D eigenvalue weighted by atomic mass is 9.79. The molecule has 0 heterocycles. The Kier molecular flexibility index (Phi) is 3.33. The largest absolute Gasteiger partial charge is 0.497 e. The van der Waals surface area contributed by atoms with Crippen LogP contribution in [0, 0.1) is 0 Å². The van der Waals surface area contributed by atoms with Crippen molar-refractivity contribution in [3.8, 4) is 5.75 Å². The highest BCUT2D eigenvalue weighted by Crippen LogP contribution is 2.35. The third kappa shape index (κ3) is 2.26. The number of rotatable bonds is 3. The van der Waals surface area contributed by atoms with Gasteiger partial charge in [-0.05, 0) is 42.5 Å². The van der Waals surface area contributed by atoms with E-state index in [2.05, 4.69) is 0 Å². The molecule has 0 saturated heterocycles. The molecular weight excluding hydrogens is 218 g/mol. The fraction of sp³-hybridized carbons (Fsp3) is 0.462. The molecule has 1 aliphatic carbocycles. The van der Waals surface area contributed by atoms with Crippen molar-refractivity contribution in [3.05, 3.63) is 29.3 Å². The van der Waals surface area contributed by atoms with Crippen LogP contribution in [0.4, 0.5) is 0 Å². The Balaban J connectivity index is 2.38. The molecule has 3 N–H and O–H groups in total. The van der Waals surface area contributed by atoms with Crippen LogP contribution in [0.5, 0.6) is 5.75 Å². The maximum Gasteiger partial charge on any atom is 0.321 e. The number of nitrogens with two attached hydrogens (primary N) is 1. The fourth-order valence-electron chi connectivity index (χ4n) is 2.49. The molecule has 1 aromatic carbocycles. The minimum atomic E-state index is -0.939. The molecule has 0 fully saturated rings. The lowest BCUT2D eigenvalue weighted by Crippen LogP contribution is -2.38. The Hall–Kier alpha value is -1.55. The average Bonchev–Trinajstić information content (AvgIpc) is 2.36. The molecule has 17 heavy (non-hydrogen) atoms. The summed E-state index contributed by atoms with van der Waals surface area (Å²) < 4.78 is 5.18. The standard InChI is InChI=1S/C13H17NO3/c1-17-9-6-5-8-3-2-4-10(11(8)7-9)12(14)13(15)16/h5-7,10,12H,2-4,14H2,1H3,(H,15,16). The molecule has 2 rings (SSSR count). The van der Waals surface area contributed by atoms with E-state index in [1.54, 1.807) is 7.11 Å². The summed E-state index contributed by atoms with van der Waals surface area (Å²) >= 11 is 0. The second-order valence-electron chi connectivity index (χ2n) is 4.43. The molecule has 1 aliphatic rings. The van der Waals surface area contributed by atoms with E-state index in [9.17, 15) is 4.79 Å². The van der Waals surface area contributed by atoms with Crippen LogP contribution in [0.25, 0.3) is 0 Å². The molecule has 4 heteroatoms. The molecule has 2 unspecified atom stereocenters. The Labute approximate surface area is 100 Å². The highest BCUT2D eigenvalue weighted by molar-refractivity contribution is 5.75. The first-order valence-corrected chi connectivity index (χ1v) is 5.78. The minimum Gasteiger partial charge on any atom is -0.497 e. The van der Waals surface area contributed by atoms with Gasteiger partial charge in [0.25, 0.3) is 0 Å². The molecule has 2 atom stereocenters. The first-order chi connectivity index (χ1) is 8.13. The summed E-state index contributed by atoms with van der Waals surface area (Å²) in [5.74, 6) is -0.287. The van der Waals surface area contributed by atoms with Crippen LogP contribution in [0.3, 0.4) is 0 Å². The summed E-state index contributed by atoms with van der Waals surface area (Å²) in [6.07, 6.45) is 2.81. The number of carbonyl (C=O) groups is 1. The quantitative estimate of drug-likeness (QED) is 0.833. The number of carboxylic acids is 1. The van der Waals surface area contributed by atoms with Gasteiger partial charge in [-0.15, -0.1) is 0 Å². The van der Waals surface area contributed by atoms with Crippen LogP contribution in [-0.2, 0) is 11.2 Å². The van der Waals surface area contributed by atoms with Crippen molar-refractivity contribution < 1.29 is 14.6 Å². The van der Waals surface area contributed by atoms with Crippen LogP contribution < -0.4 is 10.5 Å². The van der Waals surface area contributed by atoms with E-state index in [4.69, 9.17) is 15.6 Å². The van der Waals surface area contributed by atoms with Gasteiger partial charge in [0, 0.05) is 5.92 Å². The van der Waals surface area contributed by atoms with E-state index in [-0.39, 0.29) is 5.92 Å². The van der Waals surface area contributed by atoms with Gasteiger partial charge in [-0.2, -0.15) is 0 Å². The minimum absolute atomic E-state index is 0.105. The second kappa shape index (κ2) is 4.75. The molecule has 0 aromatic heterocycles. The van der Waals surface area contributed by atoms with Crippen molar-refractivity contribution in [3.63, 3.8) is 0 Å². The zero-order valence-electron chi connectivity index (χ0n) is 9.85. The number of aryl methyl sites for hydroxylation is 1. The molecule has 4 nitrogen and oxygen atoms in total. The molecule has 0 radical (unpaired) electrons. The monoisotopic (exact) mass is 235 g/mol. The smallest absolute Gasteiger partial charge is 0.321 e. The van der Waals surface area contributed by atoms with Gasteiger partial charge in [0.15, 0.2) is 0 Å². The van der Waals surface area contributed by atoms with Gasteiger partial charge in [-0.1, -0.05) is 6.07 Å². The summed E-state index contributed by atoms with van der Waals surface area (Å²) in [6, 6.07) is 5.01. The number of carboxylic acid groups (broad SMARTS) is 1. The molecule has 1 aromatic rings. The number of hydrogen-bond donors (Lipinski definition) is 2. The van der Waals surface area contributed by atoms with Crippen molar-refractivity contribution in [2.45, 2.75) is 31.2 Å². The first-order valence-electron chi connectivity index (χ1n) is 5.78. The fourth-order valence-corrected chi connectivity index (χ4v) is 2.49. The van der Waals surface area contributed by atoms with Crippen molar-refractivity contribution >= 4 is 5.97 Å². The number of ether oxygens (including phenoxy) is 1. The van der Waals surface area contributed by atoms with E-state index in [0.29, 0.717) is 0 Å². The average molecular weight is 235 g/mol. The normalized spacial score (nSPS) is 20.5. The first kappa shape index (κ1) is 11.9. The van der Waals surface area contributed by atoms with E-state index in [0.717, 1.165) is 30.6 Å². The van der Waals surface area contributed by atoms with Crippen LogP contribution >= 0.6 is 0 Å². The number of hydrogen-bond acceptors (Lipinski definition) is 3. The Morgan fingerprint density at radius 2 is 2.35 bits per heavy atom. The highest BCUT2D eigenvalue weighted by atomic mass is 16.5. The number of aliphatic carboxylic acids is 1. The van der Waals surface area contributed by atoms with Gasteiger partial charge < -0.3 is 15.6 Å². The van der Waals surface area contributed by atoms with E-state index >= 15 is 0 Å². The number of methoxy groups -OCH3 is 1. The second-order valence-corrected chi connectivity index (χ2v) is 4.43. The van der Waals surface area contributed by atoms with Gasteiger partial charge in [0.2, 0.25) is 0 Å². The summed E-state index contributed by atoms with van der Waals surface area (Å²) in [6.45, 7) is 0. The van der Waals surface area contributed by atoms with Gasteiger partial charge in [-0.3, -0.25) is 4.79 Å². The van der Waals surface area contributed by atoms with Crippen molar-refractivity contribution in [1.29, 1.82) is 0 Å². The van der Waals surface area contributed by atoms with Crippen LogP contribution in [-0.4, -0.2) is 24.2 Å². The predicted octanol–water partition coefficient (Wildman–Crippen LogP) is 1.53. The lowest BCUT2D eigenvalue weighted by Gasteiger charge is -2.28. The lowest BCUT2D eigenvalue weighted by molar-refractivity contribution is -0.139. The molecule has 0 spiro atoms. The van der Waals surface area contributed by atoms with Crippen molar-refractivity contribution in [1.82, 2.24) is 0 Å². The predicted molar refractivity (Wildman–Crippen MR) is 64.3 cm³/mol. The highest BCUT2D eigenvalue weighted by Gasteiger charge is 2.30. The molecule has 0 amide bonds. The maximum atomic E-state index is 11.0. The zero-order valence-corrected chi connectivity index (χ0v) is 9.85. The van der Waals surface area contributed by atoms with Crippen molar-refractivity contribution in [2.24, 2.45) is 5.73 Å². The van der Waals surface area contributed by atoms with Gasteiger partial charge in [0.05, 0.1) is 7.11 Å². The Morgan fingerprint density at radius 1 is 1.59 bits per heavy atom. The Bertz CT molecular complexity index is 431. The van der Waals surface area contributed by atoms with Gasteiger partial charge in [-0.25, -0.2) is 0 Å². The third-order valence-corrected chi connectivity index (χ3v) is 3.43. The zero-order chi connectivity index (χ0) is 12.4. The van der Waals surface area contributed by atoms with Crippen LogP contribution in [0.2, 0.25) is 0 Å². The number of benzene rings is 1. The maximum absolute atomic E-state index is 11.0. The summed E-state index contributed by atoms with van der Waals surface area (Å²) in [5.41, 5.74) is 7.98. The molecule has 0 aliphatic heterocycles. The van der Waals surface area contributed by atoms with Gasteiger partial charge in [0.1, 0.15) is 11.8 Å². The molecular formula is C13H17NO3. The van der Waals surface area contributed by atoms with Gasteiger partial charge >= 0.3 is 5.97 Å². The number of fused-ring (bicyclic) bond motifs is 1. The SMILES string of the molecule is COc1ccc2c(c1)C(C(N)C(=O)O)CCC2.